The van der Waals surface area contributed by atoms with E-state index in [2.05, 4.69) is 20.2 Å². The first-order valence-corrected chi connectivity index (χ1v) is 7.82. The lowest BCUT2D eigenvalue weighted by Gasteiger charge is -2.32. The van der Waals surface area contributed by atoms with Crippen molar-refractivity contribution in [2.45, 2.75) is 6.92 Å². The van der Waals surface area contributed by atoms with E-state index < -0.39 is 4.92 Å². The molecule has 2 heterocycles. The highest BCUT2D eigenvalue weighted by Gasteiger charge is 2.28. The third-order valence-corrected chi connectivity index (χ3v) is 4.19. The SMILES string of the molecule is Cc1ccccc1Nc1ncnc(N2CCN(C)CC2)c1[N+](=O)[O-]. The van der Waals surface area contributed by atoms with Crippen molar-refractivity contribution in [2.75, 3.05) is 43.4 Å². The minimum Gasteiger partial charge on any atom is -0.348 e. The summed E-state index contributed by atoms with van der Waals surface area (Å²) in [5.74, 6) is 0.595. The minimum atomic E-state index is -0.408. The Morgan fingerprint density at radius 2 is 1.88 bits per heavy atom. The molecule has 8 nitrogen and oxygen atoms in total. The topological polar surface area (TPSA) is 87.4 Å². The molecule has 0 aliphatic carbocycles. The number of aryl methyl sites for hydroxylation is 1. The van der Waals surface area contributed by atoms with Gasteiger partial charge in [-0.3, -0.25) is 10.1 Å². The monoisotopic (exact) mass is 328 g/mol. The molecule has 0 saturated carbocycles. The first kappa shape index (κ1) is 16.1. The van der Waals surface area contributed by atoms with Crippen LogP contribution in [0.3, 0.4) is 0 Å². The van der Waals surface area contributed by atoms with E-state index in [1.54, 1.807) is 0 Å². The minimum absolute atomic E-state index is 0.0784. The number of benzene rings is 1. The Kier molecular flexibility index (Phi) is 4.57. The normalized spacial score (nSPS) is 15.3. The zero-order valence-electron chi connectivity index (χ0n) is 13.8. The first-order chi connectivity index (χ1) is 11.6. The number of piperazine rings is 1. The number of hydrogen-bond acceptors (Lipinski definition) is 7. The van der Waals surface area contributed by atoms with Crippen molar-refractivity contribution in [1.82, 2.24) is 14.9 Å². The van der Waals surface area contributed by atoms with Gasteiger partial charge in [-0.15, -0.1) is 0 Å². The molecule has 1 aromatic carbocycles. The van der Waals surface area contributed by atoms with Crippen LogP contribution in [-0.4, -0.2) is 53.0 Å². The quantitative estimate of drug-likeness (QED) is 0.680. The highest BCUT2D eigenvalue weighted by Crippen LogP contribution is 2.34. The Morgan fingerprint density at radius 1 is 1.17 bits per heavy atom. The van der Waals surface area contributed by atoms with Gasteiger partial charge in [0.2, 0.25) is 11.6 Å². The second kappa shape index (κ2) is 6.79. The second-order valence-electron chi connectivity index (χ2n) is 5.88. The summed E-state index contributed by atoms with van der Waals surface area (Å²) in [6, 6.07) is 7.61. The Bertz CT molecular complexity index is 743. The maximum atomic E-state index is 11.7. The molecule has 1 saturated heterocycles. The van der Waals surface area contributed by atoms with Crippen LogP contribution in [0.4, 0.5) is 23.0 Å². The molecule has 0 unspecified atom stereocenters. The van der Waals surface area contributed by atoms with Gasteiger partial charge in [0.05, 0.1) is 4.92 Å². The van der Waals surface area contributed by atoms with Crippen LogP contribution in [-0.2, 0) is 0 Å². The fraction of sp³-hybridized carbons (Fsp3) is 0.375. The summed E-state index contributed by atoms with van der Waals surface area (Å²) in [6.45, 7) is 5.05. The standard InChI is InChI=1S/C16H20N6O2/c1-12-5-3-4-6-13(12)19-15-14(22(23)24)16(18-11-17-15)21-9-7-20(2)8-10-21/h3-6,11H,7-10H2,1-2H3,(H,17,18,19). The van der Waals surface area contributed by atoms with Gasteiger partial charge < -0.3 is 15.1 Å². The number of nitrogens with one attached hydrogen (secondary N) is 1. The van der Waals surface area contributed by atoms with Gasteiger partial charge in [0.15, 0.2) is 0 Å². The Balaban J connectivity index is 1.97. The molecule has 1 N–H and O–H groups in total. The van der Waals surface area contributed by atoms with E-state index in [0.717, 1.165) is 24.3 Å². The Hall–Kier alpha value is -2.74. The zero-order chi connectivity index (χ0) is 17.1. The lowest BCUT2D eigenvalue weighted by molar-refractivity contribution is -0.383. The van der Waals surface area contributed by atoms with Gasteiger partial charge in [0.25, 0.3) is 0 Å². The van der Waals surface area contributed by atoms with Crippen LogP contribution in [0.5, 0.6) is 0 Å². The lowest BCUT2D eigenvalue weighted by Crippen LogP contribution is -2.45. The van der Waals surface area contributed by atoms with Crippen molar-refractivity contribution in [3.8, 4) is 0 Å². The summed E-state index contributed by atoms with van der Waals surface area (Å²) in [4.78, 5) is 23.7. The van der Waals surface area contributed by atoms with Crippen LogP contribution in [0.2, 0.25) is 0 Å². The number of hydrogen-bond donors (Lipinski definition) is 1. The molecular weight excluding hydrogens is 308 g/mol. The molecule has 0 radical (unpaired) electrons. The molecular formula is C16H20N6O2. The largest absolute Gasteiger partial charge is 0.353 e. The van der Waals surface area contributed by atoms with Gasteiger partial charge in [-0.25, -0.2) is 9.97 Å². The average Bonchev–Trinajstić information content (AvgIpc) is 2.57. The lowest BCUT2D eigenvalue weighted by atomic mass is 10.2. The second-order valence-corrected chi connectivity index (χ2v) is 5.88. The molecule has 0 amide bonds. The number of nitrogens with zero attached hydrogens (tertiary/aromatic N) is 5. The number of aromatic nitrogens is 2. The van der Waals surface area contributed by atoms with E-state index >= 15 is 0 Å². The van der Waals surface area contributed by atoms with Gasteiger partial charge in [0.1, 0.15) is 6.33 Å². The van der Waals surface area contributed by atoms with Gasteiger partial charge in [-0.1, -0.05) is 18.2 Å². The van der Waals surface area contributed by atoms with Crippen LogP contribution in [0, 0.1) is 17.0 Å². The summed E-state index contributed by atoms with van der Waals surface area (Å²) < 4.78 is 0. The van der Waals surface area contributed by atoms with E-state index in [1.165, 1.54) is 6.33 Å². The van der Waals surface area contributed by atoms with Gasteiger partial charge in [-0.05, 0) is 25.6 Å². The van der Waals surface area contributed by atoms with E-state index in [4.69, 9.17) is 0 Å². The number of nitro groups is 1. The van der Waals surface area contributed by atoms with Crippen molar-refractivity contribution in [3.63, 3.8) is 0 Å². The summed E-state index contributed by atoms with van der Waals surface area (Å²) in [5, 5.41) is 14.8. The first-order valence-electron chi connectivity index (χ1n) is 7.82. The molecule has 1 fully saturated rings. The number of likely N-dealkylation sites (N-methyl/N-ethyl adjacent to an activating group) is 1. The highest BCUT2D eigenvalue weighted by molar-refractivity contribution is 5.75. The van der Waals surface area contributed by atoms with E-state index in [-0.39, 0.29) is 11.5 Å². The third kappa shape index (κ3) is 3.28. The van der Waals surface area contributed by atoms with E-state index in [9.17, 15) is 10.1 Å². The fourth-order valence-corrected chi connectivity index (χ4v) is 2.72. The van der Waals surface area contributed by atoms with Gasteiger partial charge >= 0.3 is 5.69 Å². The molecule has 24 heavy (non-hydrogen) atoms. The molecule has 2 aromatic rings. The highest BCUT2D eigenvalue weighted by atomic mass is 16.6. The van der Waals surface area contributed by atoms with Crippen LogP contribution in [0.25, 0.3) is 0 Å². The maximum Gasteiger partial charge on any atom is 0.353 e. The van der Waals surface area contributed by atoms with Gasteiger partial charge in [-0.2, -0.15) is 0 Å². The molecule has 1 aliphatic heterocycles. The molecule has 0 bridgehead atoms. The number of anilines is 3. The Morgan fingerprint density at radius 3 is 2.54 bits per heavy atom. The predicted octanol–water partition coefficient (Wildman–Crippen LogP) is 2.19. The molecule has 8 heteroatoms. The zero-order valence-corrected chi connectivity index (χ0v) is 13.8. The number of rotatable bonds is 4. The van der Waals surface area contributed by atoms with Crippen LogP contribution >= 0.6 is 0 Å². The summed E-state index contributed by atoms with van der Waals surface area (Å²) in [5.41, 5.74) is 1.71. The van der Waals surface area contributed by atoms with Crippen molar-refractivity contribution >= 4 is 23.0 Å². The summed E-state index contributed by atoms with van der Waals surface area (Å²) >= 11 is 0. The molecule has 1 aromatic heterocycles. The summed E-state index contributed by atoms with van der Waals surface area (Å²) in [7, 11) is 2.04. The van der Waals surface area contributed by atoms with Crippen molar-refractivity contribution in [1.29, 1.82) is 0 Å². The Labute approximate surface area is 140 Å². The maximum absolute atomic E-state index is 11.7. The summed E-state index contributed by atoms with van der Waals surface area (Å²) in [6.07, 6.45) is 1.38. The average molecular weight is 328 g/mol. The van der Waals surface area contributed by atoms with E-state index in [0.29, 0.717) is 18.9 Å². The van der Waals surface area contributed by atoms with Crippen LogP contribution < -0.4 is 10.2 Å². The number of para-hydroxylation sites is 1. The van der Waals surface area contributed by atoms with Gasteiger partial charge in [0, 0.05) is 31.9 Å². The molecule has 3 rings (SSSR count). The van der Waals surface area contributed by atoms with Crippen LogP contribution in [0.1, 0.15) is 5.56 Å². The van der Waals surface area contributed by atoms with Crippen molar-refractivity contribution in [2.24, 2.45) is 0 Å². The predicted molar refractivity (Wildman–Crippen MR) is 92.9 cm³/mol. The van der Waals surface area contributed by atoms with E-state index in [1.807, 2.05) is 43.1 Å². The molecule has 0 spiro atoms. The van der Waals surface area contributed by atoms with Crippen molar-refractivity contribution in [3.05, 3.63) is 46.3 Å². The van der Waals surface area contributed by atoms with Crippen molar-refractivity contribution < 1.29 is 4.92 Å². The molecule has 0 atom stereocenters. The van der Waals surface area contributed by atoms with Crippen LogP contribution in [0.15, 0.2) is 30.6 Å². The smallest absolute Gasteiger partial charge is 0.348 e. The molecule has 126 valence electrons. The molecule has 1 aliphatic rings. The third-order valence-electron chi connectivity index (χ3n) is 4.19. The fourth-order valence-electron chi connectivity index (χ4n) is 2.72.